The zero-order valence-electron chi connectivity index (χ0n) is 11.9. The number of nitrogens with zero attached hydrogens (tertiary/aromatic N) is 2. The normalized spacial score (nSPS) is 19.3. The Morgan fingerprint density at radius 1 is 1.29 bits per heavy atom. The lowest BCUT2D eigenvalue weighted by atomic mass is 10.0. The zero-order valence-corrected chi connectivity index (χ0v) is 11.9. The molecule has 1 aromatic heterocycles. The molecule has 5 nitrogen and oxygen atoms in total. The van der Waals surface area contributed by atoms with Crippen LogP contribution in [0.15, 0.2) is 36.7 Å². The molecule has 2 heterocycles. The first-order valence-electron chi connectivity index (χ1n) is 7.01. The first kappa shape index (κ1) is 13.7. The van der Waals surface area contributed by atoms with Gasteiger partial charge >= 0.3 is 0 Å². The van der Waals surface area contributed by atoms with Crippen LogP contribution in [0.2, 0.25) is 0 Å². The molecule has 1 aliphatic heterocycles. The number of fused-ring (bicyclic) bond motifs is 1. The lowest BCUT2D eigenvalue weighted by molar-refractivity contribution is -0.148. The number of carbonyl (C=O) groups excluding carboxylic acids is 2. The van der Waals surface area contributed by atoms with Crippen LogP contribution < -0.4 is 5.32 Å². The molecule has 2 amide bonds. The molecule has 1 aliphatic rings. The van der Waals surface area contributed by atoms with Crippen molar-refractivity contribution in [1.29, 1.82) is 0 Å². The van der Waals surface area contributed by atoms with Gasteiger partial charge in [0.2, 0.25) is 11.8 Å². The van der Waals surface area contributed by atoms with Crippen LogP contribution in [-0.2, 0) is 16.1 Å². The van der Waals surface area contributed by atoms with Gasteiger partial charge in [-0.05, 0) is 29.5 Å². The summed E-state index contributed by atoms with van der Waals surface area (Å²) < 4.78 is 0. The van der Waals surface area contributed by atoms with E-state index in [2.05, 4.69) is 16.4 Å². The molecule has 21 heavy (non-hydrogen) atoms. The van der Waals surface area contributed by atoms with Crippen LogP contribution in [0, 0.1) is 0 Å². The predicted molar refractivity (Wildman–Crippen MR) is 79.4 cm³/mol. The van der Waals surface area contributed by atoms with Crippen LogP contribution >= 0.6 is 0 Å². The molecular weight excluding hydrogens is 266 g/mol. The molecule has 1 saturated heterocycles. The standard InChI is InChI=1S/C16H17N3O2/c1-19-15(20)5-4-14(16(19)21)18-9-11-2-3-13-10-17-7-6-12(13)8-11/h2-3,6-8,10,14,18H,4-5,9H2,1H3. The number of piperidine rings is 1. The number of carbonyl (C=O) groups is 2. The molecule has 0 saturated carbocycles. The Balaban J connectivity index is 1.69. The van der Waals surface area contributed by atoms with Gasteiger partial charge in [0.15, 0.2) is 0 Å². The minimum absolute atomic E-state index is 0.101. The Morgan fingerprint density at radius 2 is 2.14 bits per heavy atom. The molecule has 1 atom stereocenters. The average Bonchev–Trinajstić information content (AvgIpc) is 2.52. The molecule has 1 fully saturated rings. The summed E-state index contributed by atoms with van der Waals surface area (Å²) >= 11 is 0. The van der Waals surface area contributed by atoms with Gasteiger partial charge in [-0.3, -0.25) is 19.5 Å². The molecule has 0 aliphatic carbocycles. The fourth-order valence-electron chi connectivity index (χ4n) is 2.59. The van der Waals surface area contributed by atoms with E-state index >= 15 is 0 Å². The quantitative estimate of drug-likeness (QED) is 0.867. The summed E-state index contributed by atoms with van der Waals surface area (Å²) in [5.74, 6) is -0.243. The highest BCUT2D eigenvalue weighted by Crippen LogP contribution is 2.16. The van der Waals surface area contributed by atoms with E-state index in [0.717, 1.165) is 16.3 Å². The molecule has 2 aromatic rings. The van der Waals surface area contributed by atoms with Crippen molar-refractivity contribution in [2.24, 2.45) is 0 Å². The van der Waals surface area contributed by atoms with Gasteiger partial charge in [0.05, 0.1) is 6.04 Å². The number of pyridine rings is 1. The van der Waals surface area contributed by atoms with Crippen LogP contribution in [0.1, 0.15) is 18.4 Å². The maximum atomic E-state index is 12.0. The lowest BCUT2D eigenvalue weighted by Gasteiger charge is -2.28. The number of aromatic nitrogens is 1. The smallest absolute Gasteiger partial charge is 0.246 e. The molecule has 1 unspecified atom stereocenters. The maximum Gasteiger partial charge on any atom is 0.246 e. The molecular formula is C16H17N3O2. The Bertz CT molecular complexity index is 699. The number of likely N-dealkylation sites (N-methyl/N-ethyl adjacent to an activating group) is 1. The topological polar surface area (TPSA) is 62.3 Å². The molecule has 0 spiro atoms. The summed E-state index contributed by atoms with van der Waals surface area (Å²) in [6.07, 6.45) is 4.59. The molecule has 0 bridgehead atoms. The molecule has 108 valence electrons. The van der Waals surface area contributed by atoms with E-state index in [-0.39, 0.29) is 17.9 Å². The van der Waals surface area contributed by atoms with Crippen LogP contribution in [0.4, 0.5) is 0 Å². The fourth-order valence-corrected chi connectivity index (χ4v) is 2.59. The summed E-state index contributed by atoms with van der Waals surface area (Å²) in [5.41, 5.74) is 1.11. The van der Waals surface area contributed by atoms with E-state index in [9.17, 15) is 9.59 Å². The first-order valence-corrected chi connectivity index (χ1v) is 7.01. The third-order valence-corrected chi connectivity index (χ3v) is 3.91. The third-order valence-electron chi connectivity index (χ3n) is 3.91. The second kappa shape index (κ2) is 5.61. The van der Waals surface area contributed by atoms with Gasteiger partial charge in [0.25, 0.3) is 0 Å². The van der Waals surface area contributed by atoms with Crippen molar-refractivity contribution in [2.45, 2.75) is 25.4 Å². The number of rotatable bonds is 3. The number of nitrogens with one attached hydrogen (secondary N) is 1. The van der Waals surface area contributed by atoms with Gasteiger partial charge < -0.3 is 5.32 Å². The van der Waals surface area contributed by atoms with Crippen LogP contribution in [0.3, 0.4) is 0 Å². The summed E-state index contributed by atoms with van der Waals surface area (Å²) in [7, 11) is 1.54. The minimum Gasteiger partial charge on any atom is -0.302 e. The summed E-state index contributed by atoms with van der Waals surface area (Å²) in [6.45, 7) is 0.608. The van der Waals surface area contributed by atoms with Gasteiger partial charge in [-0.2, -0.15) is 0 Å². The maximum absolute atomic E-state index is 12.0. The van der Waals surface area contributed by atoms with Crippen molar-refractivity contribution in [1.82, 2.24) is 15.2 Å². The number of imide groups is 1. The van der Waals surface area contributed by atoms with Crippen LogP contribution in [0.5, 0.6) is 0 Å². The Morgan fingerprint density at radius 3 is 3.00 bits per heavy atom. The third kappa shape index (κ3) is 2.78. The van der Waals surface area contributed by atoms with Gasteiger partial charge in [-0.25, -0.2) is 0 Å². The summed E-state index contributed by atoms with van der Waals surface area (Å²) in [4.78, 5) is 28.8. The fraction of sp³-hybridized carbons (Fsp3) is 0.312. The zero-order chi connectivity index (χ0) is 14.8. The van der Waals surface area contributed by atoms with Gasteiger partial charge in [0, 0.05) is 37.8 Å². The van der Waals surface area contributed by atoms with Crippen molar-refractivity contribution >= 4 is 22.6 Å². The minimum atomic E-state index is -0.277. The molecule has 0 radical (unpaired) electrons. The van der Waals surface area contributed by atoms with E-state index < -0.39 is 0 Å². The number of hydrogen-bond acceptors (Lipinski definition) is 4. The van der Waals surface area contributed by atoms with Crippen molar-refractivity contribution in [2.75, 3.05) is 7.05 Å². The summed E-state index contributed by atoms with van der Waals surface area (Å²) in [5, 5.41) is 5.47. The summed E-state index contributed by atoms with van der Waals surface area (Å²) in [6, 6.07) is 7.83. The van der Waals surface area contributed by atoms with E-state index in [1.165, 1.54) is 4.90 Å². The molecule has 1 aromatic carbocycles. The highest BCUT2D eigenvalue weighted by molar-refractivity contribution is 6.00. The average molecular weight is 283 g/mol. The molecule has 3 rings (SSSR count). The Hall–Kier alpha value is -2.27. The van der Waals surface area contributed by atoms with Crippen LogP contribution in [0.25, 0.3) is 10.8 Å². The van der Waals surface area contributed by atoms with Crippen molar-refractivity contribution in [3.63, 3.8) is 0 Å². The van der Waals surface area contributed by atoms with E-state index in [1.54, 1.807) is 13.2 Å². The molecule has 5 heteroatoms. The number of hydrogen-bond donors (Lipinski definition) is 1. The van der Waals surface area contributed by atoms with Crippen molar-refractivity contribution < 1.29 is 9.59 Å². The number of likely N-dealkylation sites (tertiary alicyclic amines) is 1. The number of benzene rings is 1. The predicted octanol–water partition coefficient (Wildman–Crippen LogP) is 1.47. The highest BCUT2D eigenvalue weighted by atomic mass is 16.2. The lowest BCUT2D eigenvalue weighted by Crippen LogP contribution is -2.51. The second-order valence-corrected chi connectivity index (χ2v) is 5.32. The first-order chi connectivity index (χ1) is 10.1. The highest BCUT2D eigenvalue weighted by Gasteiger charge is 2.31. The Labute approximate surface area is 123 Å². The van der Waals surface area contributed by atoms with Gasteiger partial charge in [-0.1, -0.05) is 12.1 Å². The SMILES string of the molecule is CN1C(=O)CCC(NCc2ccc3cnccc3c2)C1=O. The molecule has 1 N–H and O–H groups in total. The van der Waals surface area contributed by atoms with Gasteiger partial charge in [0.1, 0.15) is 0 Å². The number of amides is 2. The van der Waals surface area contributed by atoms with Crippen molar-refractivity contribution in [3.8, 4) is 0 Å². The van der Waals surface area contributed by atoms with E-state index in [1.807, 2.05) is 24.4 Å². The van der Waals surface area contributed by atoms with Crippen molar-refractivity contribution in [3.05, 3.63) is 42.2 Å². The monoisotopic (exact) mass is 283 g/mol. The second-order valence-electron chi connectivity index (χ2n) is 5.32. The largest absolute Gasteiger partial charge is 0.302 e. The van der Waals surface area contributed by atoms with E-state index in [0.29, 0.717) is 19.4 Å². The van der Waals surface area contributed by atoms with Gasteiger partial charge in [-0.15, -0.1) is 0 Å². The van der Waals surface area contributed by atoms with E-state index in [4.69, 9.17) is 0 Å². The Kier molecular flexibility index (Phi) is 3.66. The van der Waals surface area contributed by atoms with Crippen LogP contribution in [-0.4, -0.2) is 34.8 Å².